The summed E-state index contributed by atoms with van der Waals surface area (Å²) in [5, 5.41) is 0. The van der Waals surface area contributed by atoms with E-state index in [4.69, 9.17) is 9.47 Å². The van der Waals surface area contributed by atoms with Gasteiger partial charge in [0, 0.05) is 57.1 Å². The predicted molar refractivity (Wildman–Crippen MR) is 186 cm³/mol. The van der Waals surface area contributed by atoms with E-state index in [9.17, 15) is 18.8 Å². The maximum Gasteiger partial charge on any atom is 0.258 e. The van der Waals surface area contributed by atoms with Crippen molar-refractivity contribution in [2.75, 3.05) is 45.3 Å². The summed E-state index contributed by atoms with van der Waals surface area (Å²) in [6.07, 6.45) is 3.07. The average molecular weight is 658 g/mol. The van der Waals surface area contributed by atoms with Gasteiger partial charge in [-0.05, 0) is 54.3 Å². The summed E-state index contributed by atoms with van der Waals surface area (Å²) < 4.78 is 26.1. The number of anilines is 1. The van der Waals surface area contributed by atoms with Crippen molar-refractivity contribution in [3.8, 4) is 0 Å². The van der Waals surface area contributed by atoms with Crippen LogP contribution in [0, 0.1) is 17.7 Å². The lowest BCUT2D eigenvalue weighted by molar-refractivity contribution is -0.142. The number of halogens is 1. The minimum Gasteiger partial charge on any atom is -0.377 e. The second-order valence-corrected chi connectivity index (χ2v) is 12.7. The smallest absolute Gasteiger partial charge is 0.258 e. The van der Waals surface area contributed by atoms with Crippen LogP contribution in [0.3, 0.4) is 0 Å². The number of para-hydroxylation sites is 1. The van der Waals surface area contributed by atoms with Crippen molar-refractivity contribution < 1.29 is 28.2 Å². The molecule has 8 nitrogen and oxygen atoms in total. The Balaban J connectivity index is 1.91. The van der Waals surface area contributed by atoms with Gasteiger partial charge in [-0.25, -0.2) is 4.39 Å². The van der Waals surface area contributed by atoms with E-state index in [-0.39, 0.29) is 54.8 Å². The first-order valence-corrected chi connectivity index (χ1v) is 16.6. The van der Waals surface area contributed by atoms with Gasteiger partial charge in [-0.3, -0.25) is 14.4 Å². The zero-order valence-electron chi connectivity index (χ0n) is 28.8. The van der Waals surface area contributed by atoms with Crippen LogP contribution in [-0.4, -0.2) is 80.1 Å². The first kappa shape index (κ1) is 36.5. The molecule has 0 saturated carbocycles. The van der Waals surface area contributed by atoms with Crippen LogP contribution in [0.15, 0.2) is 91.0 Å². The van der Waals surface area contributed by atoms with E-state index in [1.807, 2.05) is 82.3 Å². The molecule has 0 saturated heterocycles. The molecule has 4 atom stereocenters. The number of carbonyl (C=O) groups is 3. The van der Waals surface area contributed by atoms with Crippen molar-refractivity contribution in [3.63, 3.8) is 0 Å². The van der Waals surface area contributed by atoms with Crippen molar-refractivity contribution >= 4 is 23.4 Å². The summed E-state index contributed by atoms with van der Waals surface area (Å²) in [5.74, 6) is -1.30. The zero-order valence-corrected chi connectivity index (χ0v) is 28.8. The normalized spacial score (nSPS) is 20.6. The van der Waals surface area contributed by atoms with E-state index >= 15 is 0 Å². The molecule has 48 heavy (non-hydrogen) atoms. The highest BCUT2D eigenvalue weighted by Crippen LogP contribution is 2.34. The van der Waals surface area contributed by atoms with E-state index in [0.717, 1.165) is 5.56 Å². The van der Waals surface area contributed by atoms with Crippen molar-refractivity contribution in [3.05, 3.63) is 114 Å². The fourth-order valence-corrected chi connectivity index (χ4v) is 6.23. The third-order valence-electron chi connectivity index (χ3n) is 8.87. The lowest BCUT2D eigenvalue weighted by atomic mass is 9.94. The van der Waals surface area contributed by atoms with Gasteiger partial charge in [-0.2, -0.15) is 0 Å². The van der Waals surface area contributed by atoms with Crippen LogP contribution in [0.4, 0.5) is 10.1 Å². The predicted octanol–water partition coefficient (Wildman–Crippen LogP) is 6.79. The Morgan fingerprint density at radius 2 is 1.46 bits per heavy atom. The number of hydrogen-bond acceptors (Lipinski definition) is 5. The second kappa shape index (κ2) is 17.2. The van der Waals surface area contributed by atoms with Gasteiger partial charge in [0.05, 0.1) is 5.69 Å². The Bertz CT molecular complexity index is 1540. The number of benzene rings is 3. The zero-order chi connectivity index (χ0) is 34.8. The Morgan fingerprint density at radius 1 is 0.833 bits per heavy atom. The Labute approximate surface area is 284 Å². The molecule has 9 heteroatoms. The van der Waals surface area contributed by atoms with Crippen LogP contribution < -0.4 is 4.90 Å². The highest BCUT2D eigenvalue weighted by Gasteiger charge is 2.39. The van der Waals surface area contributed by atoms with Gasteiger partial charge in [0.25, 0.3) is 11.8 Å². The molecule has 0 spiro atoms. The van der Waals surface area contributed by atoms with Gasteiger partial charge in [0.1, 0.15) is 24.1 Å². The molecular weight excluding hydrogens is 609 g/mol. The summed E-state index contributed by atoms with van der Waals surface area (Å²) in [5.41, 5.74) is 2.22. The van der Waals surface area contributed by atoms with Crippen molar-refractivity contribution in [1.82, 2.24) is 9.80 Å². The first-order chi connectivity index (χ1) is 23.1. The summed E-state index contributed by atoms with van der Waals surface area (Å²) >= 11 is 0. The Morgan fingerprint density at radius 3 is 2.08 bits per heavy atom. The molecule has 3 aromatic rings. The molecule has 0 aromatic heterocycles. The molecule has 0 aliphatic carbocycles. The molecule has 256 valence electrons. The van der Waals surface area contributed by atoms with Crippen LogP contribution in [-0.2, 0) is 14.3 Å². The van der Waals surface area contributed by atoms with Gasteiger partial charge in [-0.15, -0.1) is 0 Å². The number of rotatable bonds is 8. The van der Waals surface area contributed by atoms with Gasteiger partial charge in [0.2, 0.25) is 5.91 Å². The van der Waals surface area contributed by atoms with E-state index in [0.29, 0.717) is 24.2 Å². The summed E-state index contributed by atoms with van der Waals surface area (Å²) in [6.45, 7) is 8.96. The molecule has 0 unspecified atom stereocenters. The number of ether oxygens (including phenoxy) is 2. The van der Waals surface area contributed by atoms with Gasteiger partial charge < -0.3 is 24.2 Å². The maximum absolute atomic E-state index is 14.8. The SMILES string of the molecule is CC[C@H](C)[C@H]1C(=O)N(CC(C)C)C[C@H](OC)[C@@H](OC)c2ccccc2N(C(=O)c2ccccc2)C/C=C/CN1C(=O)c1ccc(F)cc1. The van der Waals surface area contributed by atoms with Gasteiger partial charge in [-0.1, -0.05) is 82.7 Å². The fraction of sp³-hybridized carbons (Fsp3) is 0.410. The van der Waals surface area contributed by atoms with E-state index in [2.05, 4.69) is 0 Å². The quantitative estimate of drug-likeness (QED) is 0.250. The number of carbonyl (C=O) groups excluding carboxylic acids is 3. The molecule has 1 heterocycles. The summed E-state index contributed by atoms with van der Waals surface area (Å²) in [7, 11) is 3.19. The Kier molecular flexibility index (Phi) is 13.1. The van der Waals surface area contributed by atoms with E-state index in [1.165, 1.54) is 24.3 Å². The summed E-state index contributed by atoms with van der Waals surface area (Å²) in [6, 6.07) is 21.2. The van der Waals surface area contributed by atoms with Crippen LogP contribution >= 0.6 is 0 Å². The average Bonchev–Trinajstić information content (AvgIpc) is 3.10. The summed E-state index contributed by atoms with van der Waals surface area (Å²) in [4.78, 5) is 48.1. The van der Waals surface area contributed by atoms with E-state index in [1.54, 1.807) is 41.1 Å². The monoisotopic (exact) mass is 657 g/mol. The van der Waals surface area contributed by atoms with Crippen molar-refractivity contribution in [1.29, 1.82) is 0 Å². The molecule has 0 fully saturated rings. The van der Waals surface area contributed by atoms with Crippen LogP contribution in [0.5, 0.6) is 0 Å². The third kappa shape index (κ3) is 8.57. The third-order valence-corrected chi connectivity index (χ3v) is 8.87. The number of nitrogens with zero attached hydrogens (tertiary/aromatic N) is 3. The molecular formula is C39H48FN3O5. The van der Waals surface area contributed by atoms with Gasteiger partial charge >= 0.3 is 0 Å². The highest BCUT2D eigenvalue weighted by molar-refractivity contribution is 6.06. The van der Waals surface area contributed by atoms with Crippen molar-refractivity contribution in [2.24, 2.45) is 11.8 Å². The van der Waals surface area contributed by atoms with Crippen LogP contribution in [0.25, 0.3) is 0 Å². The molecule has 0 N–H and O–H groups in total. The molecule has 3 aromatic carbocycles. The first-order valence-electron chi connectivity index (χ1n) is 16.6. The minimum absolute atomic E-state index is 0.107. The molecule has 0 bridgehead atoms. The maximum atomic E-state index is 14.8. The molecule has 0 radical (unpaired) electrons. The fourth-order valence-electron chi connectivity index (χ4n) is 6.23. The van der Waals surface area contributed by atoms with E-state index < -0.39 is 24.1 Å². The van der Waals surface area contributed by atoms with Crippen molar-refractivity contribution in [2.45, 2.75) is 52.4 Å². The topological polar surface area (TPSA) is 79.4 Å². The standard InChI is InChI=1S/C39H48FN3O5/c1-7-28(4)35-39(46)41(25-27(2)3)26-34(47-5)36(48-6)32-17-11-12-18-33(32)42(37(44)29-15-9-8-10-16-29)23-13-14-24-43(35)38(45)30-19-21-31(40)22-20-30/h8-22,27-28,34-36H,7,23-26H2,1-6H3/b14-13+/t28-,34-,35-,36-/m0/s1. The number of amides is 3. The Hall–Kier alpha value is -4.34. The lowest BCUT2D eigenvalue weighted by Gasteiger charge is -2.40. The number of fused-ring (bicyclic) bond motifs is 1. The molecule has 1 aliphatic rings. The highest BCUT2D eigenvalue weighted by atomic mass is 19.1. The molecule has 3 amide bonds. The van der Waals surface area contributed by atoms with Crippen LogP contribution in [0.1, 0.15) is 66.5 Å². The van der Waals surface area contributed by atoms with Gasteiger partial charge in [0.15, 0.2) is 0 Å². The number of hydrogen-bond donors (Lipinski definition) is 0. The number of methoxy groups -OCH3 is 2. The second-order valence-electron chi connectivity index (χ2n) is 12.7. The largest absolute Gasteiger partial charge is 0.377 e. The molecule has 4 rings (SSSR count). The minimum atomic E-state index is -0.813. The van der Waals surface area contributed by atoms with Crippen LogP contribution in [0.2, 0.25) is 0 Å². The lowest BCUT2D eigenvalue weighted by Crippen LogP contribution is -2.56. The molecule has 1 aliphatic heterocycles.